The van der Waals surface area contributed by atoms with Crippen molar-refractivity contribution in [1.29, 1.82) is 0 Å². The molecule has 0 aromatic carbocycles. The van der Waals surface area contributed by atoms with Crippen molar-refractivity contribution >= 4 is 0 Å². The second-order valence-corrected chi connectivity index (χ2v) is 5.21. The predicted molar refractivity (Wildman–Crippen MR) is 53.7 cm³/mol. The normalized spacial score (nSPS) is 28.4. The van der Waals surface area contributed by atoms with Crippen LogP contribution in [0.4, 0.5) is 13.2 Å². The maximum Gasteiger partial charge on any atom is 0.393 e. The van der Waals surface area contributed by atoms with Crippen LogP contribution in [0.5, 0.6) is 0 Å². The van der Waals surface area contributed by atoms with Gasteiger partial charge in [-0.25, -0.2) is 0 Å². The monoisotopic (exact) mass is 224 g/mol. The summed E-state index contributed by atoms with van der Waals surface area (Å²) in [5.74, 6) is -1.18. The lowest BCUT2D eigenvalue weighted by Gasteiger charge is -2.23. The molecule has 0 spiro atoms. The minimum atomic E-state index is -4.05. The number of rotatable bonds is 2. The van der Waals surface area contributed by atoms with Gasteiger partial charge in [0.1, 0.15) is 0 Å². The fourth-order valence-corrected chi connectivity index (χ4v) is 1.65. The molecule has 0 saturated carbocycles. The second-order valence-electron chi connectivity index (χ2n) is 5.21. The van der Waals surface area contributed by atoms with Crippen LogP contribution in [0.15, 0.2) is 0 Å². The van der Waals surface area contributed by atoms with Crippen LogP contribution < -0.4 is 10.6 Å². The third kappa shape index (κ3) is 4.38. The van der Waals surface area contributed by atoms with Crippen LogP contribution in [-0.2, 0) is 0 Å². The highest BCUT2D eigenvalue weighted by molar-refractivity contribution is 4.88. The van der Waals surface area contributed by atoms with Crippen LogP contribution in [0, 0.1) is 5.92 Å². The van der Waals surface area contributed by atoms with Gasteiger partial charge in [0.05, 0.1) is 5.92 Å². The van der Waals surface area contributed by atoms with Crippen molar-refractivity contribution in [2.75, 3.05) is 13.1 Å². The summed E-state index contributed by atoms with van der Waals surface area (Å²) in [5.41, 5.74) is -0.0437. The van der Waals surface area contributed by atoms with Crippen LogP contribution >= 0.6 is 0 Å². The van der Waals surface area contributed by atoms with Gasteiger partial charge in [-0.05, 0) is 27.2 Å². The van der Waals surface area contributed by atoms with Crippen molar-refractivity contribution in [2.24, 2.45) is 5.92 Å². The van der Waals surface area contributed by atoms with Gasteiger partial charge in [-0.3, -0.25) is 0 Å². The van der Waals surface area contributed by atoms with Crippen LogP contribution in [0.3, 0.4) is 0 Å². The van der Waals surface area contributed by atoms with E-state index in [0.717, 1.165) is 0 Å². The van der Waals surface area contributed by atoms with Gasteiger partial charge in [0.15, 0.2) is 0 Å². The minimum Gasteiger partial charge on any atom is -0.312 e. The van der Waals surface area contributed by atoms with E-state index in [4.69, 9.17) is 0 Å². The summed E-state index contributed by atoms with van der Waals surface area (Å²) < 4.78 is 37.0. The maximum atomic E-state index is 12.3. The van der Waals surface area contributed by atoms with Crippen LogP contribution in [-0.4, -0.2) is 30.8 Å². The fraction of sp³-hybridized carbons (Fsp3) is 1.00. The zero-order valence-electron chi connectivity index (χ0n) is 9.41. The molecule has 1 heterocycles. The third-order valence-corrected chi connectivity index (χ3v) is 2.56. The molecule has 0 aromatic rings. The van der Waals surface area contributed by atoms with E-state index in [-0.39, 0.29) is 24.5 Å². The minimum absolute atomic E-state index is 0.0437. The fourth-order valence-electron chi connectivity index (χ4n) is 1.65. The predicted octanol–water partition coefficient (Wildman–Crippen LogP) is 1.91. The number of hydrogen-bond donors (Lipinski definition) is 2. The van der Waals surface area contributed by atoms with Crippen molar-refractivity contribution in [3.63, 3.8) is 0 Å². The van der Waals surface area contributed by atoms with Gasteiger partial charge < -0.3 is 10.6 Å². The van der Waals surface area contributed by atoms with Crippen LogP contribution in [0.25, 0.3) is 0 Å². The topological polar surface area (TPSA) is 24.1 Å². The standard InChI is InChI=1S/C10H19F3N2/c1-9(2,3)15-6-8-4-7(5-14-8)10(11,12)13/h7-8,14-15H,4-6H2,1-3H3. The summed E-state index contributed by atoms with van der Waals surface area (Å²) in [6.07, 6.45) is -3.87. The summed E-state index contributed by atoms with van der Waals surface area (Å²) in [5, 5.41) is 6.11. The van der Waals surface area contributed by atoms with Gasteiger partial charge in [-0.1, -0.05) is 0 Å². The van der Waals surface area contributed by atoms with Crippen molar-refractivity contribution in [1.82, 2.24) is 10.6 Å². The van der Waals surface area contributed by atoms with E-state index in [1.54, 1.807) is 0 Å². The summed E-state index contributed by atoms with van der Waals surface area (Å²) in [6, 6.07) is -0.0594. The first-order valence-electron chi connectivity index (χ1n) is 5.23. The largest absolute Gasteiger partial charge is 0.393 e. The smallest absolute Gasteiger partial charge is 0.312 e. The van der Waals surface area contributed by atoms with E-state index in [0.29, 0.717) is 6.54 Å². The number of hydrogen-bond acceptors (Lipinski definition) is 2. The van der Waals surface area contributed by atoms with E-state index in [1.165, 1.54) is 0 Å². The Morgan fingerprint density at radius 2 is 1.87 bits per heavy atom. The van der Waals surface area contributed by atoms with Crippen molar-refractivity contribution in [2.45, 2.75) is 44.9 Å². The van der Waals surface area contributed by atoms with E-state index < -0.39 is 12.1 Å². The van der Waals surface area contributed by atoms with Gasteiger partial charge in [0.2, 0.25) is 0 Å². The summed E-state index contributed by atoms with van der Waals surface area (Å²) in [7, 11) is 0. The highest BCUT2D eigenvalue weighted by Crippen LogP contribution is 2.32. The lowest BCUT2D eigenvalue weighted by molar-refractivity contribution is -0.169. The molecule has 1 aliphatic heterocycles. The Kier molecular flexibility index (Phi) is 3.66. The molecule has 0 aliphatic carbocycles. The molecular weight excluding hydrogens is 205 g/mol. The lowest BCUT2D eigenvalue weighted by Crippen LogP contribution is -2.43. The molecule has 15 heavy (non-hydrogen) atoms. The highest BCUT2D eigenvalue weighted by atomic mass is 19.4. The molecule has 0 radical (unpaired) electrons. The number of alkyl halides is 3. The molecule has 2 unspecified atom stereocenters. The molecule has 1 aliphatic rings. The number of nitrogens with one attached hydrogen (secondary N) is 2. The maximum absolute atomic E-state index is 12.3. The second kappa shape index (κ2) is 4.29. The zero-order valence-corrected chi connectivity index (χ0v) is 9.41. The molecule has 1 fully saturated rings. The van der Waals surface area contributed by atoms with E-state index in [2.05, 4.69) is 10.6 Å². The Balaban J connectivity index is 2.31. The van der Waals surface area contributed by atoms with Crippen LogP contribution in [0.2, 0.25) is 0 Å². The molecule has 1 saturated heterocycles. The van der Waals surface area contributed by atoms with E-state index >= 15 is 0 Å². The average molecular weight is 224 g/mol. The van der Waals surface area contributed by atoms with Gasteiger partial charge in [-0.15, -0.1) is 0 Å². The van der Waals surface area contributed by atoms with Gasteiger partial charge in [-0.2, -0.15) is 13.2 Å². The quantitative estimate of drug-likeness (QED) is 0.748. The Morgan fingerprint density at radius 1 is 1.27 bits per heavy atom. The SMILES string of the molecule is CC(C)(C)NCC1CC(C(F)(F)F)CN1. The summed E-state index contributed by atoms with van der Waals surface area (Å²) in [4.78, 5) is 0. The number of halogens is 3. The lowest BCUT2D eigenvalue weighted by atomic mass is 10.0. The van der Waals surface area contributed by atoms with E-state index in [1.807, 2.05) is 20.8 Å². The Hall–Kier alpha value is -0.290. The molecule has 2 atom stereocenters. The van der Waals surface area contributed by atoms with E-state index in [9.17, 15) is 13.2 Å². The highest BCUT2D eigenvalue weighted by Gasteiger charge is 2.43. The Labute approximate surface area is 88.6 Å². The molecule has 2 N–H and O–H groups in total. The van der Waals surface area contributed by atoms with Gasteiger partial charge >= 0.3 is 6.18 Å². The summed E-state index contributed by atoms with van der Waals surface area (Å²) in [6.45, 7) is 6.66. The first-order chi connectivity index (χ1) is 6.68. The molecule has 1 rings (SSSR count). The summed E-state index contributed by atoms with van der Waals surface area (Å²) >= 11 is 0. The molecule has 0 aromatic heterocycles. The van der Waals surface area contributed by atoms with Crippen molar-refractivity contribution in [3.8, 4) is 0 Å². The molecule has 2 nitrogen and oxygen atoms in total. The molecule has 0 bridgehead atoms. The van der Waals surface area contributed by atoms with Crippen LogP contribution in [0.1, 0.15) is 27.2 Å². The van der Waals surface area contributed by atoms with Crippen molar-refractivity contribution in [3.05, 3.63) is 0 Å². The Morgan fingerprint density at radius 3 is 2.27 bits per heavy atom. The molecule has 90 valence electrons. The average Bonchev–Trinajstić information content (AvgIpc) is 2.45. The van der Waals surface area contributed by atoms with Crippen molar-refractivity contribution < 1.29 is 13.2 Å². The Bertz CT molecular complexity index is 208. The third-order valence-electron chi connectivity index (χ3n) is 2.56. The first kappa shape index (κ1) is 12.8. The first-order valence-corrected chi connectivity index (χ1v) is 5.23. The van der Waals surface area contributed by atoms with Gasteiger partial charge in [0.25, 0.3) is 0 Å². The molecular formula is C10H19F3N2. The zero-order chi connectivity index (χ0) is 11.7. The molecule has 0 amide bonds. The molecule has 5 heteroatoms. The van der Waals surface area contributed by atoms with Gasteiger partial charge in [0, 0.05) is 24.7 Å².